The summed E-state index contributed by atoms with van der Waals surface area (Å²) in [6.07, 6.45) is 0. The average molecular weight is 454 g/mol. The van der Waals surface area contributed by atoms with Crippen LogP contribution >= 0.6 is 57.7 Å². The first-order valence-corrected chi connectivity index (χ1v) is 10.5. The van der Waals surface area contributed by atoms with Crippen molar-refractivity contribution in [3.8, 4) is 0 Å². The topological polar surface area (TPSA) is 59.1 Å². The summed E-state index contributed by atoms with van der Waals surface area (Å²) >= 11 is 24.7. The number of nitrogens with one attached hydrogen (secondary N) is 1. The minimum Gasteiger partial charge on any atom is -0.331 e. The van der Waals surface area contributed by atoms with E-state index in [4.69, 9.17) is 46.4 Å². The van der Waals surface area contributed by atoms with Crippen LogP contribution in [-0.2, 0) is 9.84 Å². The molecule has 0 unspecified atom stereocenters. The maximum atomic E-state index is 12.7. The van der Waals surface area contributed by atoms with Crippen molar-refractivity contribution in [2.45, 2.75) is 9.92 Å². The predicted octanol–water partition coefficient (Wildman–Crippen LogP) is 6.33. The van der Waals surface area contributed by atoms with Crippen molar-refractivity contribution in [2.24, 2.45) is 0 Å². The van der Waals surface area contributed by atoms with Gasteiger partial charge in [-0.25, -0.2) is 13.4 Å². The number of halogens is 4. The first-order valence-electron chi connectivity index (χ1n) is 6.66. The third kappa shape index (κ3) is 4.05. The quantitative estimate of drug-likeness (QED) is 0.501. The van der Waals surface area contributed by atoms with Crippen LogP contribution in [0.4, 0.5) is 10.8 Å². The zero-order valence-electron chi connectivity index (χ0n) is 12.1. The Kier molecular flexibility index (Phi) is 5.48. The average Bonchev–Trinajstić information content (AvgIpc) is 2.92. The van der Waals surface area contributed by atoms with E-state index >= 15 is 0 Å². The summed E-state index contributed by atoms with van der Waals surface area (Å²) in [5.41, 5.74) is 0.607. The molecule has 0 aliphatic rings. The highest BCUT2D eigenvalue weighted by Crippen LogP contribution is 2.36. The largest absolute Gasteiger partial charge is 0.331 e. The lowest BCUT2D eigenvalue weighted by atomic mass is 10.3. The van der Waals surface area contributed by atoms with E-state index < -0.39 is 9.84 Å². The number of thiazole rings is 1. The summed E-state index contributed by atoms with van der Waals surface area (Å²) in [6.45, 7) is 0. The van der Waals surface area contributed by atoms with E-state index in [1.165, 1.54) is 24.3 Å². The van der Waals surface area contributed by atoms with Crippen LogP contribution in [0.1, 0.15) is 0 Å². The summed E-state index contributed by atoms with van der Waals surface area (Å²) in [7, 11) is -3.85. The van der Waals surface area contributed by atoms with Crippen molar-refractivity contribution < 1.29 is 8.42 Å². The molecule has 0 spiro atoms. The molecular formula is C15H8Cl4N2O2S2. The second kappa shape index (κ2) is 7.31. The van der Waals surface area contributed by atoms with Gasteiger partial charge in [0.05, 0.1) is 14.9 Å². The molecule has 0 saturated heterocycles. The van der Waals surface area contributed by atoms with Gasteiger partial charge in [0.2, 0.25) is 9.84 Å². The molecule has 3 aromatic rings. The van der Waals surface area contributed by atoms with Crippen LogP contribution < -0.4 is 5.32 Å². The number of rotatable bonds is 4. The fourth-order valence-corrected chi connectivity index (χ4v) is 5.18. The molecule has 0 amide bonds. The van der Waals surface area contributed by atoms with E-state index in [0.29, 0.717) is 25.9 Å². The van der Waals surface area contributed by atoms with Crippen LogP contribution in [0, 0.1) is 0 Å². The molecule has 2 aromatic carbocycles. The molecule has 1 heterocycles. The molecule has 3 rings (SSSR count). The predicted molar refractivity (Wildman–Crippen MR) is 104 cm³/mol. The summed E-state index contributed by atoms with van der Waals surface area (Å²) in [5, 5.41) is 4.27. The second-order valence-electron chi connectivity index (χ2n) is 4.81. The smallest absolute Gasteiger partial charge is 0.226 e. The van der Waals surface area contributed by atoms with Gasteiger partial charge >= 0.3 is 0 Å². The number of sulfone groups is 1. The Morgan fingerprint density at radius 3 is 2.24 bits per heavy atom. The van der Waals surface area contributed by atoms with E-state index in [0.717, 1.165) is 11.3 Å². The molecule has 0 aliphatic carbocycles. The van der Waals surface area contributed by atoms with Gasteiger partial charge in [-0.3, -0.25) is 0 Å². The lowest BCUT2D eigenvalue weighted by Gasteiger charge is -2.04. The Morgan fingerprint density at radius 1 is 0.920 bits per heavy atom. The van der Waals surface area contributed by atoms with E-state index in [1.54, 1.807) is 18.2 Å². The molecule has 0 radical (unpaired) electrons. The summed E-state index contributed by atoms with van der Waals surface area (Å²) < 4.78 is 25.4. The maximum Gasteiger partial charge on any atom is 0.226 e. The van der Waals surface area contributed by atoms with Crippen LogP contribution in [-0.4, -0.2) is 13.4 Å². The van der Waals surface area contributed by atoms with Gasteiger partial charge < -0.3 is 5.32 Å². The van der Waals surface area contributed by atoms with Crippen molar-refractivity contribution in [3.05, 3.63) is 61.9 Å². The van der Waals surface area contributed by atoms with Gasteiger partial charge in [-0.05, 0) is 42.5 Å². The Bertz CT molecular complexity index is 1030. The van der Waals surface area contributed by atoms with Crippen molar-refractivity contribution >= 4 is 78.4 Å². The second-order valence-corrected chi connectivity index (χ2v) is 9.53. The third-order valence-electron chi connectivity index (χ3n) is 3.11. The molecule has 10 heteroatoms. The Balaban J connectivity index is 1.94. The molecular weight excluding hydrogens is 446 g/mol. The molecule has 25 heavy (non-hydrogen) atoms. The molecule has 0 saturated carbocycles. The first-order chi connectivity index (χ1) is 11.8. The van der Waals surface area contributed by atoms with Crippen LogP contribution in [0.15, 0.2) is 52.4 Å². The molecule has 1 N–H and O–H groups in total. The summed E-state index contributed by atoms with van der Waals surface area (Å²) in [5.74, 6) is 0. The van der Waals surface area contributed by atoms with Crippen LogP contribution in [0.2, 0.25) is 19.4 Å². The van der Waals surface area contributed by atoms with E-state index in [9.17, 15) is 8.42 Å². The highest BCUT2D eigenvalue weighted by molar-refractivity contribution is 7.91. The highest BCUT2D eigenvalue weighted by atomic mass is 35.5. The van der Waals surface area contributed by atoms with Gasteiger partial charge in [-0.15, -0.1) is 0 Å². The van der Waals surface area contributed by atoms with Crippen LogP contribution in [0.25, 0.3) is 0 Å². The van der Waals surface area contributed by atoms with Gasteiger partial charge in [-0.1, -0.05) is 57.7 Å². The van der Waals surface area contributed by atoms with Crippen molar-refractivity contribution in [2.75, 3.05) is 5.32 Å². The molecule has 1 aromatic heterocycles. The number of benzene rings is 2. The number of aromatic nitrogens is 1. The fraction of sp³-hybridized carbons (Fsp3) is 0. The minimum atomic E-state index is -3.85. The molecule has 0 atom stereocenters. The lowest BCUT2D eigenvalue weighted by Crippen LogP contribution is -2.03. The monoisotopic (exact) mass is 452 g/mol. The molecule has 130 valence electrons. The fourth-order valence-electron chi connectivity index (χ4n) is 1.93. The van der Waals surface area contributed by atoms with Crippen molar-refractivity contribution in [1.29, 1.82) is 0 Å². The van der Waals surface area contributed by atoms with E-state index in [1.807, 2.05) is 0 Å². The van der Waals surface area contributed by atoms with E-state index in [2.05, 4.69) is 10.3 Å². The number of nitrogens with zero attached hydrogens (tertiary/aromatic N) is 1. The van der Waals surface area contributed by atoms with Gasteiger partial charge in [0.1, 0.15) is 4.34 Å². The molecule has 0 bridgehead atoms. The van der Waals surface area contributed by atoms with Gasteiger partial charge in [0, 0.05) is 10.7 Å². The van der Waals surface area contributed by atoms with Gasteiger partial charge in [0.15, 0.2) is 10.2 Å². The minimum absolute atomic E-state index is 0.0533. The number of hydrogen-bond acceptors (Lipinski definition) is 5. The van der Waals surface area contributed by atoms with Gasteiger partial charge in [-0.2, -0.15) is 0 Å². The highest BCUT2D eigenvalue weighted by Gasteiger charge is 2.25. The Morgan fingerprint density at radius 2 is 1.60 bits per heavy atom. The lowest BCUT2D eigenvalue weighted by molar-refractivity contribution is 0.593. The summed E-state index contributed by atoms with van der Waals surface area (Å²) in [6, 6.07) is 10.7. The normalized spacial score (nSPS) is 11.5. The number of anilines is 2. The van der Waals surface area contributed by atoms with Crippen LogP contribution in [0.3, 0.4) is 0 Å². The molecule has 0 fully saturated rings. The number of hydrogen-bond donors (Lipinski definition) is 1. The first kappa shape index (κ1) is 18.8. The van der Waals surface area contributed by atoms with Crippen LogP contribution in [0.5, 0.6) is 0 Å². The summed E-state index contributed by atoms with van der Waals surface area (Å²) in [4.78, 5) is 4.17. The zero-order chi connectivity index (χ0) is 18.2. The zero-order valence-corrected chi connectivity index (χ0v) is 16.8. The van der Waals surface area contributed by atoms with E-state index in [-0.39, 0.29) is 14.3 Å². The molecule has 0 aliphatic heterocycles. The molecule has 4 nitrogen and oxygen atoms in total. The van der Waals surface area contributed by atoms with Gasteiger partial charge in [0.25, 0.3) is 0 Å². The Labute approximate surface area is 168 Å². The Hall–Kier alpha value is -1.02. The standard InChI is InChI=1S/C15H8Cl4N2O2S2/c16-8-1-4-10(5-2-8)25(22,23)14-13(19)24-15(21-14)20-9-3-6-11(17)12(18)7-9/h1-7H,(H,20,21). The third-order valence-corrected chi connectivity index (χ3v) is 7.21. The maximum absolute atomic E-state index is 12.7. The van der Waals surface area contributed by atoms with Crippen molar-refractivity contribution in [1.82, 2.24) is 4.98 Å². The SMILES string of the molecule is O=S(=O)(c1ccc(Cl)cc1)c1nc(Nc2ccc(Cl)c(Cl)c2)sc1Cl. The van der Waals surface area contributed by atoms with Crippen molar-refractivity contribution in [3.63, 3.8) is 0 Å².